The second-order valence-electron chi connectivity index (χ2n) is 6.50. The average Bonchev–Trinajstić information content (AvgIpc) is 2.72. The highest BCUT2D eigenvalue weighted by Gasteiger charge is 2.51. The summed E-state index contributed by atoms with van der Waals surface area (Å²) in [5.74, 6) is -1.15. The lowest BCUT2D eigenvalue weighted by Gasteiger charge is -2.24. The minimum absolute atomic E-state index is 0.303. The molecule has 1 saturated heterocycles. The van der Waals surface area contributed by atoms with Crippen molar-refractivity contribution in [1.82, 2.24) is 20.9 Å². The van der Waals surface area contributed by atoms with E-state index in [1.807, 2.05) is 0 Å². The molecule has 1 heterocycles. The third-order valence-electron chi connectivity index (χ3n) is 4.63. The second kappa shape index (κ2) is 7.63. The quantitative estimate of drug-likeness (QED) is 0.625. The largest absolute Gasteiger partial charge is 0.355 e. The fourth-order valence-corrected chi connectivity index (χ4v) is 3.31. The van der Waals surface area contributed by atoms with Gasteiger partial charge in [-0.05, 0) is 26.7 Å². The van der Waals surface area contributed by atoms with Crippen LogP contribution in [0.3, 0.4) is 0 Å². The van der Waals surface area contributed by atoms with Crippen LogP contribution in [0.5, 0.6) is 0 Å². The molecule has 3 N–H and O–H groups in total. The molecule has 8 heteroatoms. The van der Waals surface area contributed by atoms with Crippen LogP contribution < -0.4 is 16.0 Å². The number of nitrogens with one attached hydrogen (secondary N) is 3. The molecule has 0 aromatic carbocycles. The van der Waals surface area contributed by atoms with Gasteiger partial charge in [0.05, 0.1) is 0 Å². The van der Waals surface area contributed by atoms with Crippen molar-refractivity contribution in [2.45, 2.75) is 64.0 Å². The number of hydrogen-bond acceptors (Lipinski definition) is 4. The summed E-state index contributed by atoms with van der Waals surface area (Å²) in [6.07, 6.45) is 5.11. The Morgan fingerprint density at radius 2 is 1.83 bits per heavy atom. The molecule has 2 aliphatic rings. The molecular formula is C16H26N4O4. The second-order valence-corrected chi connectivity index (χ2v) is 6.50. The Labute approximate surface area is 141 Å². The van der Waals surface area contributed by atoms with Gasteiger partial charge in [-0.3, -0.25) is 19.3 Å². The van der Waals surface area contributed by atoms with Crippen LogP contribution in [0, 0.1) is 0 Å². The lowest BCUT2D eigenvalue weighted by atomic mass is 9.90. The predicted octanol–water partition coefficient (Wildman–Crippen LogP) is 0.272. The molecule has 0 unspecified atom stereocenters. The van der Waals surface area contributed by atoms with Crippen LogP contribution in [-0.2, 0) is 14.4 Å². The molecule has 2 rings (SSSR count). The van der Waals surface area contributed by atoms with E-state index in [4.69, 9.17) is 0 Å². The van der Waals surface area contributed by atoms with Gasteiger partial charge in [-0.2, -0.15) is 0 Å². The molecule has 1 aliphatic heterocycles. The molecule has 1 atom stereocenters. The molecule has 8 nitrogen and oxygen atoms in total. The van der Waals surface area contributed by atoms with Crippen molar-refractivity contribution >= 4 is 23.8 Å². The monoisotopic (exact) mass is 338 g/mol. The van der Waals surface area contributed by atoms with E-state index in [0.717, 1.165) is 30.6 Å². The Kier molecular flexibility index (Phi) is 5.80. The molecule has 134 valence electrons. The summed E-state index contributed by atoms with van der Waals surface area (Å²) in [6.45, 7) is 3.44. The lowest BCUT2D eigenvalue weighted by Crippen LogP contribution is -2.50. The minimum Gasteiger partial charge on any atom is -0.355 e. The van der Waals surface area contributed by atoms with Crippen LogP contribution in [0.1, 0.15) is 52.4 Å². The molecule has 0 bridgehead atoms. The van der Waals surface area contributed by atoms with E-state index in [9.17, 15) is 19.2 Å². The maximum atomic E-state index is 12.7. The Hall–Kier alpha value is -2.12. The van der Waals surface area contributed by atoms with E-state index >= 15 is 0 Å². The summed E-state index contributed by atoms with van der Waals surface area (Å²) >= 11 is 0. The number of carbonyl (C=O) groups is 4. The highest BCUT2D eigenvalue weighted by Crippen LogP contribution is 2.32. The van der Waals surface area contributed by atoms with Crippen molar-refractivity contribution in [2.75, 3.05) is 13.1 Å². The minimum atomic E-state index is -0.848. The van der Waals surface area contributed by atoms with Crippen LogP contribution in [-0.4, -0.2) is 53.3 Å². The first-order valence-corrected chi connectivity index (χ1v) is 8.61. The third-order valence-corrected chi connectivity index (χ3v) is 4.63. The smallest absolute Gasteiger partial charge is 0.325 e. The molecule has 0 aromatic rings. The zero-order chi connectivity index (χ0) is 17.7. The van der Waals surface area contributed by atoms with Gasteiger partial charge in [0.2, 0.25) is 11.8 Å². The molecule has 2 fully saturated rings. The van der Waals surface area contributed by atoms with E-state index in [1.54, 1.807) is 13.8 Å². The first kappa shape index (κ1) is 18.2. The summed E-state index contributed by atoms with van der Waals surface area (Å²) < 4.78 is 0. The molecule has 1 aliphatic carbocycles. The number of hydrogen-bond donors (Lipinski definition) is 3. The van der Waals surface area contributed by atoms with Crippen molar-refractivity contribution in [3.63, 3.8) is 0 Å². The lowest BCUT2D eigenvalue weighted by molar-refractivity contribution is -0.136. The molecular weight excluding hydrogens is 312 g/mol. The summed E-state index contributed by atoms with van der Waals surface area (Å²) in [5.41, 5.74) is -0.848. The standard InChI is InChI=1S/C16H26N4O4/c1-3-17-13(22)11(2)18-12(21)10-20-14(23)16(19-15(20)24)8-6-4-5-7-9-16/h11H,3-10H2,1-2H3,(H,17,22)(H,18,21)(H,19,24)/t11-/m0/s1. The normalized spacial score (nSPS) is 21.2. The van der Waals surface area contributed by atoms with Gasteiger partial charge in [0.1, 0.15) is 18.1 Å². The molecule has 0 aromatic heterocycles. The van der Waals surface area contributed by atoms with Crippen molar-refractivity contribution in [2.24, 2.45) is 0 Å². The highest BCUT2D eigenvalue weighted by atomic mass is 16.2. The van der Waals surface area contributed by atoms with Crippen molar-refractivity contribution < 1.29 is 19.2 Å². The molecule has 24 heavy (non-hydrogen) atoms. The first-order valence-electron chi connectivity index (χ1n) is 8.61. The van der Waals surface area contributed by atoms with Gasteiger partial charge in [0.25, 0.3) is 5.91 Å². The van der Waals surface area contributed by atoms with Gasteiger partial charge >= 0.3 is 6.03 Å². The Balaban J connectivity index is 1.96. The number of urea groups is 1. The first-order chi connectivity index (χ1) is 11.4. The van der Waals surface area contributed by atoms with Crippen LogP contribution in [0.25, 0.3) is 0 Å². The van der Waals surface area contributed by atoms with E-state index < -0.39 is 23.5 Å². The van der Waals surface area contributed by atoms with Crippen LogP contribution in [0.2, 0.25) is 0 Å². The van der Waals surface area contributed by atoms with Gasteiger partial charge in [0.15, 0.2) is 0 Å². The number of rotatable bonds is 5. The molecule has 5 amide bonds. The van der Waals surface area contributed by atoms with Gasteiger partial charge < -0.3 is 16.0 Å². The predicted molar refractivity (Wildman–Crippen MR) is 87.0 cm³/mol. The topological polar surface area (TPSA) is 108 Å². The SMILES string of the molecule is CCNC(=O)[C@H](C)NC(=O)CN1C(=O)NC2(CCCCCC2)C1=O. The summed E-state index contributed by atoms with van der Waals surface area (Å²) in [7, 11) is 0. The van der Waals surface area contributed by atoms with E-state index in [2.05, 4.69) is 16.0 Å². The zero-order valence-electron chi connectivity index (χ0n) is 14.3. The summed E-state index contributed by atoms with van der Waals surface area (Å²) in [5, 5.41) is 7.90. The van der Waals surface area contributed by atoms with Crippen LogP contribution in [0.4, 0.5) is 4.79 Å². The fraction of sp³-hybridized carbons (Fsp3) is 0.750. The molecule has 1 spiro atoms. The number of likely N-dealkylation sites (N-methyl/N-ethyl adjacent to an activating group) is 1. The number of carbonyl (C=O) groups excluding carboxylic acids is 4. The number of nitrogens with zero attached hydrogens (tertiary/aromatic N) is 1. The Bertz CT molecular complexity index is 526. The molecule has 0 radical (unpaired) electrons. The average molecular weight is 338 g/mol. The fourth-order valence-electron chi connectivity index (χ4n) is 3.31. The molecule has 1 saturated carbocycles. The summed E-state index contributed by atoms with van der Waals surface area (Å²) in [6, 6.07) is -1.24. The Morgan fingerprint density at radius 1 is 1.21 bits per heavy atom. The van der Waals surface area contributed by atoms with Crippen molar-refractivity contribution in [1.29, 1.82) is 0 Å². The van der Waals surface area contributed by atoms with E-state index in [1.165, 1.54) is 0 Å². The summed E-state index contributed by atoms with van der Waals surface area (Å²) in [4.78, 5) is 49.5. The number of imide groups is 1. The number of amides is 5. The van der Waals surface area contributed by atoms with Gasteiger partial charge in [0, 0.05) is 6.54 Å². The van der Waals surface area contributed by atoms with E-state index in [0.29, 0.717) is 19.4 Å². The third kappa shape index (κ3) is 3.85. The van der Waals surface area contributed by atoms with Crippen LogP contribution >= 0.6 is 0 Å². The van der Waals surface area contributed by atoms with Gasteiger partial charge in [-0.1, -0.05) is 25.7 Å². The highest BCUT2D eigenvalue weighted by molar-refractivity contribution is 6.09. The van der Waals surface area contributed by atoms with Crippen LogP contribution in [0.15, 0.2) is 0 Å². The van der Waals surface area contributed by atoms with Gasteiger partial charge in [-0.25, -0.2) is 4.79 Å². The Morgan fingerprint density at radius 3 is 2.42 bits per heavy atom. The zero-order valence-corrected chi connectivity index (χ0v) is 14.3. The maximum Gasteiger partial charge on any atom is 0.325 e. The van der Waals surface area contributed by atoms with Crippen molar-refractivity contribution in [3.8, 4) is 0 Å². The maximum absolute atomic E-state index is 12.7. The van der Waals surface area contributed by atoms with E-state index in [-0.39, 0.29) is 18.4 Å². The van der Waals surface area contributed by atoms with Crippen molar-refractivity contribution in [3.05, 3.63) is 0 Å². The van der Waals surface area contributed by atoms with Gasteiger partial charge in [-0.15, -0.1) is 0 Å².